The molecule has 1 heterocycles. The Hall–Kier alpha value is -1.31. The fourth-order valence-electron chi connectivity index (χ4n) is 1.33. The van der Waals surface area contributed by atoms with E-state index in [1.165, 1.54) is 6.20 Å². The van der Waals surface area contributed by atoms with Crippen LogP contribution in [0.15, 0.2) is 30.5 Å². The fraction of sp³-hybridized carbons (Fsp3) is 0.111. The third-order valence-corrected chi connectivity index (χ3v) is 1.87. The number of benzene rings is 1. The molecule has 0 atom stereocenters. The van der Waals surface area contributed by atoms with Crippen molar-refractivity contribution in [1.82, 2.24) is 4.79 Å². The van der Waals surface area contributed by atoms with Gasteiger partial charge >= 0.3 is 0 Å². The van der Waals surface area contributed by atoms with Gasteiger partial charge < -0.3 is 0 Å². The quantitative estimate of drug-likeness (QED) is 0.542. The molecular weight excluding hydrogens is 141 g/mol. The fourth-order valence-corrected chi connectivity index (χ4v) is 1.33. The molecule has 0 spiro atoms. The van der Waals surface area contributed by atoms with Gasteiger partial charge in [-0.3, -0.25) is 0 Å². The molecule has 0 radical (unpaired) electrons. The highest BCUT2D eigenvalue weighted by molar-refractivity contribution is 5.82. The smallest absolute Gasteiger partial charge is 0.0841 e. The van der Waals surface area contributed by atoms with Crippen LogP contribution in [0.1, 0.15) is 5.56 Å². The third-order valence-electron chi connectivity index (χ3n) is 1.87. The maximum atomic E-state index is 12.9. The molecule has 0 saturated carbocycles. The maximum absolute atomic E-state index is 12.9. The topological polar surface area (TPSA) is 4.93 Å². The van der Waals surface area contributed by atoms with Gasteiger partial charge in [-0.15, -0.1) is 0 Å². The second kappa shape index (κ2) is 2.09. The summed E-state index contributed by atoms with van der Waals surface area (Å²) in [5.41, 5.74) is 1.64. The Bertz CT molecular complexity index is 389. The number of hydrogen-bond acceptors (Lipinski definition) is 0. The van der Waals surface area contributed by atoms with Crippen LogP contribution in [0.25, 0.3) is 10.9 Å². The lowest BCUT2D eigenvalue weighted by Crippen LogP contribution is -1.81. The highest BCUT2D eigenvalue weighted by atomic mass is 19.2. The first-order valence-electron chi connectivity index (χ1n) is 3.52. The number of aryl methyl sites for hydroxylation is 1. The molecule has 0 aliphatic carbocycles. The number of para-hydroxylation sites is 1. The first kappa shape index (κ1) is 6.40. The summed E-state index contributed by atoms with van der Waals surface area (Å²) in [5, 5.41) is 0.951. The number of halogens is 1. The summed E-state index contributed by atoms with van der Waals surface area (Å²) in [4.78, 5) is 0.657. The van der Waals surface area contributed by atoms with Gasteiger partial charge in [0.1, 0.15) is 0 Å². The van der Waals surface area contributed by atoms with Crippen molar-refractivity contribution in [1.29, 1.82) is 0 Å². The van der Waals surface area contributed by atoms with Crippen molar-refractivity contribution in [3.05, 3.63) is 36.0 Å². The standard InChI is InChI=1S/C9H8FN/c1-7-3-2-4-8-5-6-11(10)9(7)8/h2-6H,1H3. The van der Waals surface area contributed by atoms with E-state index in [0.29, 0.717) is 10.3 Å². The summed E-state index contributed by atoms with van der Waals surface area (Å²) < 4.78 is 12.9. The van der Waals surface area contributed by atoms with Gasteiger partial charge in [0.05, 0.1) is 5.52 Å². The minimum absolute atomic E-state index is 0.657. The number of rotatable bonds is 0. The Kier molecular flexibility index (Phi) is 1.22. The first-order chi connectivity index (χ1) is 5.29. The van der Waals surface area contributed by atoms with Crippen molar-refractivity contribution in [3.63, 3.8) is 0 Å². The van der Waals surface area contributed by atoms with E-state index in [1.807, 2.05) is 25.1 Å². The predicted octanol–water partition coefficient (Wildman–Crippen LogP) is 2.68. The highest BCUT2D eigenvalue weighted by Crippen LogP contribution is 2.18. The average molecular weight is 149 g/mol. The van der Waals surface area contributed by atoms with Crippen LogP contribution in [0.2, 0.25) is 0 Å². The largest absolute Gasteiger partial charge is 0.186 e. The van der Waals surface area contributed by atoms with Crippen LogP contribution >= 0.6 is 0 Å². The molecule has 1 aromatic carbocycles. The third kappa shape index (κ3) is 0.827. The molecule has 0 aliphatic heterocycles. The van der Waals surface area contributed by atoms with Crippen molar-refractivity contribution in [3.8, 4) is 0 Å². The van der Waals surface area contributed by atoms with E-state index < -0.39 is 0 Å². The SMILES string of the molecule is Cc1cccc2ccn(F)c12. The maximum Gasteiger partial charge on any atom is 0.0841 e. The van der Waals surface area contributed by atoms with E-state index in [1.54, 1.807) is 6.07 Å². The summed E-state index contributed by atoms with van der Waals surface area (Å²) in [6, 6.07) is 7.50. The average Bonchev–Trinajstić information content (AvgIpc) is 2.34. The molecule has 0 aliphatic rings. The lowest BCUT2D eigenvalue weighted by molar-refractivity contribution is 0.387. The Balaban J connectivity index is 2.96. The van der Waals surface area contributed by atoms with Crippen LogP contribution in [0.4, 0.5) is 4.48 Å². The van der Waals surface area contributed by atoms with Crippen LogP contribution in [-0.4, -0.2) is 4.79 Å². The minimum atomic E-state index is 0.657. The van der Waals surface area contributed by atoms with Gasteiger partial charge in [0.25, 0.3) is 0 Å². The molecule has 1 nitrogen and oxygen atoms in total. The molecule has 0 bridgehead atoms. The Morgan fingerprint density at radius 3 is 2.82 bits per heavy atom. The molecule has 2 aromatic rings. The molecule has 0 fully saturated rings. The van der Waals surface area contributed by atoms with Crippen LogP contribution in [0, 0.1) is 6.92 Å². The van der Waals surface area contributed by atoms with Gasteiger partial charge in [-0.2, -0.15) is 4.79 Å². The van der Waals surface area contributed by atoms with Crippen LogP contribution < -0.4 is 0 Å². The van der Waals surface area contributed by atoms with Crippen molar-refractivity contribution in [2.45, 2.75) is 6.92 Å². The van der Waals surface area contributed by atoms with Crippen LogP contribution in [-0.2, 0) is 0 Å². The Morgan fingerprint density at radius 2 is 2.09 bits per heavy atom. The van der Waals surface area contributed by atoms with E-state index in [9.17, 15) is 4.48 Å². The van der Waals surface area contributed by atoms with Crippen molar-refractivity contribution >= 4 is 10.9 Å². The molecule has 0 saturated heterocycles. The zero-order valence-corrected chi connectivity index (χ0v) is 6.21. The molecule has 1 aromatic heterocycles. The highest BCUT2D eigenvalue weighted by Gasteiger charge is 2.00. The summed E-state index contributed by atoms with van der Waals surface area (Å²) in [6.07, 6.45) is 1.43. The van der Waals surface area contributed by atoms with Gasteiger partial charge in [0.15, 0.2) is 0 Å². The number of nitrogens with zero attached hydrogens (tertiary/aromatic N) is 1. The van der Waals surface area contributed by atoms with E-state index in [4.69, 9.17) is 0 Å². The molecular formula is C9H8FN. The Labute approximate surface area is 64.0 Å². The molecule has 2 heteroatoms. The van der Waals surface area contributed by atoms with Crippen molar-refractivity contribution in [2.24, 2.45) is 0 Å². The summed E-state index contributed by atoms with van der Waals surface area (Å²) in [5.74, 6) is 0. The lowest BCUT2D eigenvalue weighted by atomic mass is 10.2. The molecule has 2 rings (SSSR count). The van der Waals surface area contributed by atoms with Crippen LogP contribution in [0.3, 0.4) is 0 Å². The first-order valence-corrected chi connectivity index (χ1v) is 3.52. The van der Waals surface area contributed by atoms with Gasteiger partial charge in [-0.05, 0) is 18.6 Å². The van der Waals surface area contributed by atoms with E-state index >= 15 is 0 Å². The summed E-state index contributed by atoms with van der Waals surface area (Å²) in [7, 11) is 0. The zero-order chi connectivity index (χ0) is 7.84. The minimum Gasteiger partial charge on any atom is -0.186 e. The summed E-state index contributed by atoms with van der Waals surface area (Å²) >= 11 is 0. The number of aromatic nitrogens is 1. The predicted molar refractivity (Wildman–Crippen MR) is 43.2 cm³/mol. The van der Waals surface area contributed by atoms with Gasteiger partial charge in [0, 0.05) is 11.6 Å². The number of fused-ring (bicyclic) bond motifs is 1. The van der Waals surface area contributed by atoms with Gasteiger partial charge in [-0.25, -0.2) is 0 Å². The molecule has 56 valence electrons. The molecule has 0 N–H and O–H groups in total. The van der Waals surface area contributed by atoms with Crippen LogP contribution in [0.5, 0.6) is 0 Å². The van der Waals surface area contributed by atoms with Gasteiger partial charge in [-0.1, -0.05) is 22.7 Å². The number of hydrogen-bond donors (Lipinski definition) is 0. The molecule has 0 amide bonds. The lowest BCUT2D eigenvalue weighted by Gasteiger charge is -1.95. The van der Waals surface area contributed by atoms with E-state index in [-0.39, 0.29) is 0 Å². The summed E-state index contributed by atoms with van der Waals surface area (Å²) in [6.45, 7) is 1.90. The second-order valence-electron chi connectivity index (χ2n) is 2.64. The Morgan fingerprint density at radius 1 is 1.27 bits per heavy atom. The molecule has 11 heavy (non-hydrogen) atoms. The monoisotopic (exact) mass is 149 g/mol. The normalized spacial score (nSPS) is 10.7. The van der Waals surface area contributed by atoms with Crippen molar-refractivity contribution in [2.75, 3.05) is 0 Å². The second-order valence-corrected chi connectivity index (χ2v) is 2.64. The van der Waals surface area contributed by atoms with Crippen molar-refractivity contribution < 1.29 is 4.48 Å². The zero-order valence-electron chi connectivity index (χ0n) is 6.21. The molecule has 0 unspecified atom stereocenters. The van der Waals surface area contributed by atoms with Gasteiger partial charge in [0.2, 0.25) is 0 Å². The van der Waals surface area contributed by atoms with E-state index in [2.05, 4.69) is 0 Å². The van der Waals surface area contributed by atoms with E-state index in [0.717, 1.165) is 10.9 Å².